The van der Waals surface area contributed by atoms with E-state index in [0.717, 1.165) is 39.0 Å². The number of carbonyl (C=O) groups is 1. The van der Waals surface area contributed by atoms with Gasteiger partial charge in [0.2, 0.25) is 5.91 Å². The van der Waals surface area contributed by atoms with E-state index in [0.29, 0.717) is 12.3 Å². The topological polar surface area (TPSA) is 45.7 Å². The first-order valence-electron chi connectivity index (χ1n) is 9.15. The average molecular weight is 416 g/mol. The van der Waals surface area contributed by atoms with Crippen LogP contribution >= 0.6 is 23.1 Å². The molecule has 0 N–H and O–H groups in total. The molecule has 0 bridgehead atoms. The molecule has 0 unspecified atom stereocenters. The Kier molecular flexibility index (Phi) is 7.30. The molecule has 28 heavy (non-hydrogen) atoms. The van der Waals surface area contributed by atoms with Gasteiger partial charge in [0.25, 0.3) is 0 Å². The van der Waals surface area contributed by atoms with E-state index < -0.39 is 0 Å². The number of methoxy groups -OCH3 is 1. The number of hydrogen-bond donors (Lipinski definition) is 0. The zero-order chi connectivity index (χ0) is 19.9. The van der Waals surface area contributed by atoms with E-state index in [1.165, 1.54) is 11.3 Å². The number of thioether (sulfide) groups is 1. The van der Waals surface area contributed by atoms with Gasteiger partial charge in [-0.3, -0.25) is 9.69 Å². The molecule has 0 atom stereocenters. The smallest absolute Gasteiger partial charge is 0.239 e. The van der Waals surface area contributed by atoms with Gasteiger partial charge in [-0.1, -0.05) is 35.6 Å². The lowest BCUT2D eigenvalue weighted by molar-refractivity contribution is -0.116. The van der Waals surface area contributed by atoms with Crippen LogP contribution in [0.5, 0.6) is 5.75 Å². The molecule has 0 radical (unpaired) electrons. The van der Waals surface area contributed by atoms with E-state index >= 15 is 0 Å². The van der Waals surface area contributed by atoms with Crippen LogP contribution < -0.4 is 9.64 Å². The van der Waals surface area contributed by atoms with Crippen LogP contribution in [-0.2, 0) is 4.79 Å². The van der Waals surface area contributed by atoms with E-state index in [1.807, 2.05) is 67.5 Å². The fraction of sp³-hybridized carbons (Fsp3) is 0.333. The van der Waals surface area contributed by atoms with Crippen molar-refractivity contribution in [1.82, 2.24) is 9.88 Å². The van der Waals surface area contributed by atoms with E-state index in [4.69, 9.17) is 9.72 Å². The number of nitrogens with zero attached hydrogens (tertiary/aromatic N) is 3. The maximum absolute atomic E-state index is 13.1. The Morgan fingerprint density at radius 1 is 1.11 bits per heavy atom. The Labute approximate surface area is 174 Å². The van der Waals surface area contributed by atoms with Crippen molar-refractivity contribution in [3.63, 3.8) is 0 Å². The predicted molar refractivity (Wildman–Crippen MR) is 119 cm³/mol. The van der Waals surface area contributed by atoms with Crippen LogP contribution in [-0.4, -0.2) is 55.8 Å². The maximum atomic E-state index is 13.1. The summed E-state index contributed by atoms with van der Waals surface area (Å²) in [6, 6.07) is 15.9. The Bertz CT molecular complexity index is 912. The van der Waals surface area contributed by atoms with Crippen LogP contribution in [0, 0.1) is 0 Å². The van der Waals surface area contributed by atoms with Crippen LogP contribution in [0.2, 0.25) is 0 Å². The highest BCUT2D eigenvalue weighted by Gasteiger charge is 2.21. The maximum Gasteiger partial charge on any atom is 0.239 e. The second kappa shape index (κ2) is 9.91. The van der Waals surface area contributed by atoms with Crippen LogP contribution in [0.1, 0.15) is 6.42 Å². The van der Waals surface area contributed by atoms with Gasteiger partial charge in [0.1, 0.15) is 11.3 Å². The fourth-order valence-electron chi connectivity index (χ4n) is 2.80. The van der Waals surface area contributed by atoms with E-state index in [1.54, 1.807) is 18.9 Å². The lowest BCUT2D eigenvalue weighted by Crippen LogP contribution is -2.34. The molecular weight excluding hydrogens is 390 g/mol. The molecular formula is C21H25N3O2S2. The largest absolute Gasteiger partial charge is 0.494 e. The number of benzene rings is 2. The number of carbonyl (C=O) groups excluding carboxylic acids is 1. The van der Waals surface area contributed by atoms with Crippen molar-refractivity contribution in [2.75, 3.05) is 44.9 Å². The number of ether oxygens (including phenoxy) is 1. The van der Waals surface area contributed by atoms with Crippen molar-refractivity contribution in [3.05, 3.63) is 48.5 Å². The lowest BCUT2D eigenvalue weighted by atomic mass is 10.3. The fourth-order valence-corrected chi connectivity index (χ4v) is 4.63. The monoisotopic (exact) mass is 415 g/mol. The lowest BCUT2D eigenvalue weighted by Gasteiger charge is -2.21. The van der Waals surface area contributed by atoms with Gasteiger partial charge < -0.3 is 9.64 Å². The van der Waals surface area contributed by atoms with Crippen LogP contribution in [0.15, 0.2) is 53.4 Å². The van der Waals surface area contributed by atoms with Crippen molar-refractivity contribution in [2.24, 2.45) is 0 Å². The first kappa shape index (κ1) is 20.6. The molecule has 1 aromatic heterocycles. The molecule has 0 aliphatic carbocycles. The normalized spacial score (nSPS) is 11.1. The highest BCUT2D eigenvalue weighted by Crippen LogP contribution is 2.34. The van der Waals surface area contributed by atoms with E-state index in [9.17, 15) is 4.79 Å². The third-order valence-electron chi connectivity index (χ3n) is 4.22. The van der Waals surface area contributed by atoms with Gasteiger partial charge in [0.15, 0.2) is 5.13 Å². The minimum atomic E-state index is 0.0747. The predicted octanol–water partition coefficient (Wildman–Crippen LogP) is 4.38. The zero-order valence-corrected chi connectivity index (χ0v) is 18.1. The summed E-state index contributed by atoms with van der Waals surface area (Å²) in [4.78, 5) is 22.8. The molecule has 5 nitrogen and oxygen atoms in total. The van der Waals surface area contributed by atoms with Crippen molar-refractivity contribution >= 4 is 44.4 Å². The van der Waals surface area contributed by atoms with E-state index in [-0.39, 0.29) is 5.91 Å². The summed E-state index contributed by atoms with van der Waals surface area (Å²) in [7, 11) is 5.73. The highest BCUT2D eigenvalue weighted by molar-refractivity contribution is 8.00. The molecule has 3 aromatic rings. The molecule has 1 amide bonds. The Balaban J connectivity index is 1.80. The SMILES string of the molecule is COc1cccc2sc(N(CCCN(C)C)C(=O)CSc3ccccc3)nc12. The van der Waals surface area contributed by atoms with Crippen LogP contribution in [0.4, 0.5) is 5.13 Å². The summed E-state index contributed by atoms with van der Waals surface area (Å²) in [6.45, 7) is 1.57. The Morgan fingerprint density at radius 3 is 2.61 bits per heavy atom. The van der Waals surface area contributed by atoms with Gasteiger partial charge in [-0.15, -0.1) is 11.8 Å². The highest BCUT2D eigenvalue weighted by atomic mass is 32.2. The molecule has 1 heterocycles. The quantitative estimate of drug-likeness (QED) is 0.485. The first-order chi connectivity index (χ1) is 13.6. The first-order valence-corrected chi connectivity index (χ1v) is 10.9. The number of aromatic nitrogens is 1. The summed E-state index contributed by atoms with van der Waals surface area (Å²) >= 11 is 3.09. The molecule has 0 spiro atoms. The van der Waals surface area contributed by atoms with Crippen LogP contribution in [0.25, 0.3) is 10.2 Å². The van der Waals surface area contributed by atoms with Gasteiger partial charge in [-0.25, -0.2) is 4.98 Å². The Morgan fingerprint density at radius 2 is 1.89 bits per heavy atom. The van der Waals surface area contributed by atoms with Gasteiger partial charge in [-0.05, 0) is 51.3 Å². The number of anilines is 1. The second-order valence-corrected chi connectivity index (χ2v) is 8.67. The zero-order valence-electron chi connectivity index (χ0n) is 16.4. The minimum Gasteiger partial charge on any atom is -0.494 e. The minimum absolute atomic E-state index is 0.0747. The molecule has 7 heteroatoms. The third kappa shape index (κ3) is 5.25. The van der Waals surface area contributed by atoms with Crippen LogP contribution in [0.3, 0.4) is 0 Å². The number of hydrogen-bond acceptors (Lipinski definition) is 6. The molecule has 0 fully saturated rings. The van der Waals surface area contributed by atoms with Gasteiger partial charge in [0.05, 0.1) is 17.6 Å². The molecule has 3 rings (SSSR count). The number of fused-ring (bicyclic) bond motifs is 1. The molecule has 0 aliphatic heterocycles. The summed E-state index contributed by atoms with van der Waals surface area (Å²) in [5.41, 5.74) is 0.811. The summed E-state index contributed by atoms with van der Waals surface area (Å²) in [6.07, 6.45) is 0.891. The standard InChI is InChI=1S/C21H25N3O2S2/c1-23(2)13-8-14-24(19(25)15-27-16-9-5-4-6-10-16)21-22-20-17(26-3)11-7-12-18(20)28-21/h4-7,9-12H,8,13-15H2,1-3H3. The van der Waals surface area contributed by atoms with Gasteiger partial charge >= 0.3 is 0 Å². The van der Waals surface area contributed by atoms with E-state index in [2.05, 4.69) is 4.90 Å². The van der Waals surface area contributed by atoms with Crippen molar-refractivity contribution in [1.29, 1.82) is 0 Å². The van der Waals surface area contributed by atoms with Crippen molar-refractivity contribution in [2.45, 2.75) is 11.3 Å². The van der Waals surface area contributed by atoms with Gasteiger partial charge in [0, 0.05) is 11.4 Å². The molecule has 0 saturated heterocycles. The summed E-state index contributed by atoms with van der Waals surface area (Å²) in [5, 5.41) is 0.733. The summed E-state index contributed by atoms with van der Waals surface area (Å²) < 4.78 is 6.45. The second-order valence-electron chi connectivity index (χ2n) is 6.61. The third-order valence-corrected chi connectivity index (χ3v) is 6.26. The number of amides is 1. The number of para-hydroxylation sites is 1. The average Bonchev–Trinajstić information content (AvgIpc) is 3.14. The van der Waals surface area contributed by atoms with Crippen molar-refractivity contribution < 1.29 is 9.53 Å². The molecule has 0 aliphatic rings. The number of rotatable bonds is 9. The molecule has 0 saturated carbocycles. The molecule has 2 aromatic carbocycles. The van der Waals surface area contributed by atoms with Crippen molar-refractivity contribution in [3.8, 4) is 5.75 Å². The van der Waals surface area contributed by atoms with Gasteiger partial charge in [-0.2, -0.15) is 0 Å². The summed E-state index contributed by atoms with van der Waals surface area (Å²) in [5.74, 6) is 1.20. The molecule has 148 valence electrons. The Hall–Kier alpha value is -2.09. The number of thiazole rings is 1.